The van der Waals surface area contributed by atoms with E-state index in [0.29, 0.717) is 17.0 Å². The molecule has 0 spiro atoms. The Kier molecular flexibility index (Phi) is 4.03. The average Bonchev–Trinajstić information content (AvgIpc) is 2.01. The van der Waals surface area contributed by atoms with E-state index in [0.717, 1.165) is 0 Å². The predicted molar refractivity (Wildman–Crippen MR) is 59.1 cm³/mol. The number of hydrogen-bond acceptors (Lipinski definition) is 3. The van der Waals surface area contributed by atoms with Crippen molar-refractivity contribution in [3.8, 4) is 0 Å². The molecule has 0 aliphatic carbocycles. The Bertz CT molecular complexity index is 328. The normalized spacial score (nSPS) is 10.3. The molecule has 0 atom stereocenters. The zero-order chi connectivity index (χ0) is 10.6. The summed E-state index contributed by atoms with van der Waals surface area (Å²) >= 11 is 3.23. The van der Waals surface area contributed by atoms with Crippen molar-refractivity contribution in [3.63, 3.8) is 0 Å². The van der Waals surface area contributed by atoms with Crippen LogP contribution < -0.4 is 5.32 Å². The van der Waals surface area contributed by atoms with Crippen LogP contribution in [0.5, 0.6) is 0 Å². The van der Waals surface area contributed by atoms with E-state index in [4.69, 9.17) is 0 Å². The third-order valence-corrected chi connectivity index (χ3v) is 1.88. The second-order valence-corrected chi connectivity index (χ2v) is 3.94. The van der Waals surface area contributed by atoms with E-state index in [1.54, 1.807) is 11.0 Å². The second kappa shape index (κ2) is 5.07. The minimum Gasteiger partial charge on any atom is -0.310 e. The zero-order valence-electron chi connectivity index (χ0n) is 8.12. The molecule has 0 saturated carbocycles. The maximum absolute atomic E-state index is 11.3. The van der Waals surface area contributed by atoms with Gasteiger partial charge in [-0.2, -0.15) is 0 Å². The van der Waals surface area contributed by atoms with Crippen molar-refractivity contribution in [1.29, 1.82) is 0 Å². The molecule has 1 rings (SSSR count). The lowest BCUT2D eigenvalue weighted by Gasteiger charge is -2.09. The Morgan fingerprint density at radius 1 is 1.57 bits per heavy atom. The van der Waals surface area contributed by atoms with Crippen molar-refractivity contribution in [3.05, 3.63) is 22.8 Å². The summed E-state index contributed by atoms with van der Waals surface area (Å²) in [5.41, 5.74) is 0. The molecule has 0 aliphatic rings. The van der Waals surface area contributed by atoms with Gasteiger partial charge in [0.05, 0.1) is 6.54 Å². The average molecular weight is 258 g/mol. The maximum Gasteiger partial charge on any atom is 0.239 e. The van der Waals surface area contributed by atoms with Gasteiger partial charge in [0.15, 0.2) is 0 Å². The van der Waals surface area contributed by atoms with Gasteiger partial charge in [-0.05, 0) is 42.2 Å². The van der Waals surface area contributed by atoms with E-state index in [1.807, 2.05) is 26.2 Å². The van der Waals surface area contributed by atoms with Gasteiger partial charge in [-0.3, -0.25) is 4.79 Å². The molecule has 0 bridgehead atoms. The van der Waals surface area contributed by atoms with E-state index >= 15 is 0 Å². The summed E-state index contributed by atoms with van der Waals surface area (Å²) in [7, 11) is 3.68. The Morgan fingerprint density at radius 2 is 2.29 bits per heavy atom. The number of anilines is 1. The number of aromatic nitrogens is 1. The zero-order valence-corrected chi connectivity index (χ0v) is 9.71. The highest BCUT2D eigenvalue weighted by molar-refractivity contribution is 9.10. The van der Waals surface area contributed by atoms with E-state index in [-0.39, 0.29) is 5.91 Å². The van der Waals surface area contributed by atoms with E-state index in [9.17, 15) is 4.79 Å². The summed E-state index contributed by atoms with van der Waals surface area (Å²) in [5.74, 6) is 0.492. The van der Waals surface area contributed by atoms with Gasteiger partial charge in [0, 0.05) is 0 Å². The molecule has 0 fully saturated rings. The number of pyridine rings is 1. The molecule has 4 nitrogen and oxygen atoms in total. The Balaban J connectivity index is 2.56. The summed E-state index contributed by atoms with van der Waals surface area (Å²) in [6.07, 6.45) is 0. The fourth-order valence-corrected chi connectivity index (χ4v) is 1.29. The summed E-state index contributed by atoms with van der Waals surface area (Å²) < 4.78 is 0.708. The lowest BCUT2D eigenvalue weighted by molar-refractivity contribution is -0.116. The standard InChI is InChI=1S/C9H12BrN3O/c1-13(2)6-9(14)12-8-5-3-4-7(10)11-8/h3-5H,6H2,1-2H3,(H,11,12,14). The molecular weight excluding hydrogens is 246 g/mol. The van der Waals surface area contributed by atoms with Crippen LogP contribution in [0.3, 0.4) is 0 Å². The molecule has 0 saturated heterocycles. The first-order valence-corrected chi connectivity index (χ1v) is 4.94. The first kappa shape index (κ1) is 11.1. The third-order valence-electron chi connectivity index (χ3n) is 1.44. The monoisotopic (exact) mass is 257 g/mol. The second-order valence-electron chi connectivity index (χ2n) is 3.13. The number of amides is 1. The van der Waals surface area contributed by atoms with Gasteiger partial charge in [0.25, 0.3) is 0 Å². The number of halogens is 1. The van der Waals surface area contributed by atoms with Gasteiger partial charge in [-0.1, -0.05) is 6.07 Å². The molecule has 0 radical (unpaired) electrons. The van der Waals surface area contributed by atoms with Gasteiger partial charge >= 0.3 is 0 Å². The van der Waals surface area contributed by atoms with Crippen molar-refractivity contribution in [2.45, 2.75) is 0 Å². The minimum absolute atomic E-state index is 0.0689. The smallest absolute Gasteiger partial charge is 0.239 e. The predicted octanol–water partition coefficient (Wildman–Crippen LogP) is 1.34. The van der Waals surface area contributed by atoms with Gasteiger partial charge in [0.1, 0.15) is 10.4 Å². The largest absolute Gasteiger partial charge is 0.310 e. The molecule has 1 aromatic heterocycles. The number of carbonyl (C=O) groups is 1. The Hall–Kier alpha value is -0.940. The van der Waals surface area contributed by atoms with Crippen molar-refractivity contribution < 1.29 is 4.79 Å². The lowest BCUT2D eigenvalue weighted by atomic mass is 10.4. The van der Waals surface area contributed by atoms with Crippen LogP contribution in [0, 0.1) is 0 Å². The molecule has 0 aromatic carbocycles. The Morgan fingerprint density at radius 3 is 2.86 bits per heavy atom. The summed E-state index contributed by atoms with van der Waals surface area (Å²) in [6.45, 7) is 0.355. The molecule has 1 aromatic rings. The highest BCUT2D eigenvalue weighted by Crippen LogP contribution is 2.09. The van der Waals surface area contributed by atoms with Gasteiger partial charge < -0.3 is 10.2 Å². The highest BCUT2D eigenvalue weighted by atomic mass is 79.9. The quantitative estimate of drug-likeness (QED) is 0.832. The van der Waals surface area contributed by atoms with Crippen LogP contribution in [0.15, 0.2) is 22.8 Å². The van der Waals surface area contributed by atoms with Gasteiger partial charge in [-0.25, -0.2) is 4.98 Å². The number of likely N-dealkylation sites (N-methyl/N-ethyl adjacent to an activating group) is 1. The fraction of sp³-hybridized carbons (Fsp3) is 0.333. The first-order chi connectivity index (χ1) is 6.58. The molecule has 1 amide bonds. The van der Waals surface area contributed by atoms with E-state index in [2.05, 4.69) is 26.2 Å². The first-order valence-electron chi connectivity index (χ1n) is 4.15. The number of nitrogens with one attached hydrogen (secondary N) is 1. The number of rotatable bonds is 3. The third kappa shape index (κ3) is 3.85. The highest BCUT2D eigenvalue weighted by Gasteiger charge is 2.03. The van der Waals surface area contributed by atoms with Gasteiger partial charge in [0.2, 0.25) is 5.91 Å². The SMILES string of the molecule is CN(C)CC(=O)Nc1cccc(Br)n1. The molecule has 1 heterocycles. The van der Waals surface area contributed by atoms with Crippen LogP contribution in [0.25, 0.3) is 0 Å². The number of carbonyl (C=O) groups excluding carboxylic acids is 1. The maximum atomic E-state index is 11.3. The van der Waals surface area contributed by atoms with Crippen LogP contribution in [0.4, 0.5) is 5.82 Å². The van der Waals surface area contributed by atoms with E-state index < -0.39 is 0 Å². The molecule has 14 heavy (non-hydrogen) atoms. The molecule has 1 N–H and O–H groups in total. The lowest BCUT2D eigenvalue weighted by Crippen LogP contribution is -2.27. The molecule has 0 aliphatic heterocycles. The number of hydrogen-bond donors (Lipinski definition) is 1. The van der Waals surface area contributed by atoms with Crippen molar-refractivity contribution in [2.24, 2.45) is 0 Å². The fourth-order valence-electron chi connectivity index (χ4n) is 0.947. The van der Waals surface area contributed by atoms with Crippen LogP contribution in [0.2, 0.25) is 0 Å². The molecule has 76 valence electrons. The van der Waals surface area contributed by atoms with Gasteiger partial charge in [-0.15, -0.1) is 0 Å². The number of nitrogens with zero attached hydrogens (tertiary/aromatic N) is 2. The summed E-state index contributed by atoms with van der Waals surface area (Å²) in [4.78, 5) is 17.2. The summed E-state index contributed by atoms with van der Waals surface area (Å²) in [5, 5.41) is 2.69. The molecular formula is C9H12BrN3O. The van der Waals surface area contributed by atoms with Crippen molar-refractivity contribution in [2.75, 3.05) is 26.0 Å². The van der Waals surface area contributed by atoms with E-state index in [1.165, 1.54) is 0 Å². The topological polar surface area (TPSA) is 45.2 Å². The molecule has 5 heteroatoms. The summed E-state index contributed by atoms with van der Waals surface area (Å²) in [6, 6.07) is 5.38. The van der Waals surface area contributed by atoms with Crippen LogP contribution >= 0.6 is 15.9 Å². The van der Waals surface area contributed by atoms with Crippen molar-refractivity contribution in [1.82, 2.24) is 9.88 Å². The van der Waals surface area contributed by atoms with Crippen LogP contribution in [0.1, 0.15) is 0 Å². The van der Waals surface area contributed by atoms with Crippen LogP contribution in [-0.4, -0.2) is 36.4 Å². The van der Waals surface area contributed by atoms with Crippen LogP contribution in [-0.2, 0) is 4.79 Å². The van der Waals surface area contributed by atoms with Crippen molar-refractivity contribution >= 4 is 27.7 Å². The molecule has 0 unspecified atom stereocenters. The Labute approximate surface area is 91.4 Å². The minimum atomic E-state index is -0.0689.